The minimum Gasteiger partial charge on any atom is -0.351 e. The van der Waals surface area contributed by atoms with Gasteiger partial charge in [0.15, 0.2) is 5.79 Å². The molecule has 0 bridgehead atoms. The number of carbonyl (C=O) groups is 1. The second-order valence-electron chi connectivity index (χ2n) is 4.10. The lowest BCUT2D eigenvalue weighted by Crippen LogP contribution is -2.30. The molecule has 15 heavy (non-hydrogen) atoms. The Hall–Kier alpha value is -0.450. The second kappa shape index (κ2) is 6.93. The van der Waals surface area contributed by atoms with Gasteiger partial charge in [-0.2, -0.15) is 0 Å². The van der Waals surface area contributed by atoms with Gasteiger partial charge in [-0.25, -0.2) is 9.78 Å². The van der Waals surface area contributed by atoms with E-state index in [0.717, 1.165) is 12.8 Å². The van der Waals surface area contributed by atoms with Crippen molar-refractivity contribution in [2.75, 3.05) is 7.11 Å². The van der Waals surface area contributed by atoms with Crippen molar-refractivity contribution in [3.05, 3.63) is 0 Å². The van der Waals surface area contributed by atoms with E-state index in [1.165, 1.54) is 0 Å². The Balaban J connectivity index is 4.00. The summed E-state index contributed by atoms with van der Waals surface area (Å²) in [4.78, 5) is 21.3. The van der Waals surface area contributed by atoms with Crippen molar-refractivity contribution in [1.29, 1.82) is 0 Å². The van der Waals surface area contributed by atoms with Crippen LogP contribution in [0.3, 0.4) is 0 Å². The quantitative estimate of drug-likeness (QED) is 0.356. The molecule has 0 rings (SSSR count). The van der Waals surface area contributed by atoms with Crippen LogP contribution in [0.4, 0.5) is 0 Å². The lowest BCUT2D eigenvalue weighted by molar-refractivity contribution is -0.430. The third-order valence-corrected chi connectivity index (χ3v) is 2.00. The highest BCUT2D eigenvalue weighted by molar-refractivity contribution is 5.75. The van der Waals surface area contributed by atoms with Crippen molar-refractivity contribution in [2.45, 2.75) is 58.8 Å². The molecule has 0 heterocycles. The van der Waals surface area contributed by atoms with E-state index in [2.05, 4.69) is 0 Å². The van der Waals surface area contributed by atoms with Gasteiger partial charge in [-0.3, -0.25) is 4.79 Å². The zero-order valence-corrected chi connectivity index (χ0v) is 10.3. The summed E-state index contributed by atoms with van der Waals surface area (Å²) in [5.74, 6) is -0.671. The van der Waals surface area contributed by atoms with Gasteiger partial charge in [-0.1, -0.05) is 13.3 Å². The molecule has 1 atom stereocenters. The van der Waals surface area contributed by atoms with Crippen LogP contribution in [0.15, 0.2) is 0 Å². The smallest absolute Gasteiger partial charge is 0.195 e. The Bertz CT molecular complexity index is 189. The van der Waals surface area contributed by atoms with Crippen molar-refractivity contribution in [2.24, 2.45) is 0 Å². The van der Waals surface area contributed by atoms with Crippen molar-refractivity contribution < 1.29 is 19.3 Å². The molecule has 0 aliphatic carbocycles. The number of ether oxygens (including phenoxy) is 1. The van der Waals surface area contributed by atoms with Crippen LogP contribution in [0.5, 0.6) is 0 Å². The molecule has 4 nitrogen and oxygen atoms in total. The minimum absolute atomic E-state index is 0.104. The first kappa shape index (κ1) is 14.6. The van der Waals surface area contributed by atoms with Crippen LogP contribution in [0.2, 0.25) is 0 Å². The van der Waals surface area contributed by atoms with Crippen molar-refractivity contribution in [3.8, 4) is 0 Å². The molecule has 0 radical (unpaired) electrons. The van der Waals surface area contributed by atoms with Gasteiger partial charge in [0.2, 0.25) is 0 Å². The molecule has 90 valence electrons. The van der Waals surface area contributed by atoms with Gasteiger partial charge in [0.05, 0.1) is 6.10 Å². The molecule has 0 aromatic carbocycles. The molecular formula is C11H22O4. The molecular weight excluding hydrogens is 196 g/mol. The van der Waals surface area contributed by atoms with Gasteiger partial charge in [0.1, 0.15) is 5.78 Å². The molecule has 0 spiro atoms. The maximum Gasteiger partial charge on any atom is 0.195 e. The lowest BCUT2D eigenvalue weighted by atomic mass is 10.1. The number of Topliss-reactive ketones (excluding diaryl/α,β-unsaturated/α-hetero) is 1. The number of rotatable bonds is 8. The average molecular weight is 218 g/mol. The van der Waals surface area contributed by atoms with Crippen LogP contribution in [0, 0.1) is 0 Å². The average Bonchev–Trinajstić information content (AvgIpc) is 2.14. The molecule has 0 aromatic heterocycles. The summed E-state index contributed by atoms with van der Waals surface area (Å²) in [5, 5.41) is 0. The Kier molecular flexibility index (Phi) is 6.72. The van der Waals surface area contributed by atoms with Crippen LogP contribution >= 0.6 is 0 Å². The molecule has 0 aliphatic heterocycles. The van der Waals surface area contributed by atoms with Crippen LogP contribution in [0.25, 0.3) is 0 Å². The van der Waals surface area contributed by atoms with E-state index in [1.54, 1.807) is 27.9 Å². The number of ketones is 1. The van der Waals surface area contributed by atoms with Gasteiger partial charge in [-0.15, -0.1) is 0 Å². The molecule has 0 saturated carbocycles. The monoisotopic (exact) mass is 218 g/mol. The third-order valence-electron chi connectivity index (χ3n) is 2.00. The summed E-state index contributed by atoms with van der Waals surface area (Å²) in [7, 11) is 1.54. The Morgan fingerprint density at radius 2 is 2.00 bits per heavy atom. The van der Waals surface area contributed by atoms with E-state index in [-0.39, 0.29) is 11.9 Å². The Morgan fingerprint density at radius 1 is 1.40 bits per heavy atom. The number of methoxy groups -OCH3 is 1. The van der Waals surface area contributed by atoms with Crippen LogP contribution in [-0.4, -0.2) is 24.8 Å². The van der Waals surface area contributed by atoms with Gasteiger partial charge in [0, 0.05) is 13.5 Å². The van der Waals surface area contributed by atoms with Crippen molar-refractivity contribution in [1.82, 2.24) is 0 Å². The van der Waals surface area contributed by atoms with E-state index < -0.39 is 5.79 Å². The van der Waals surface area contributed by atoms with E-state index in [4.69, 9.17) is 14.5 Å². The van der Waals surface area contributed by atoms with Gasteiger partial charge in [0.25, 0.3) is 0 Å². The molecule has 0 N–H and O–H groups in total. The number of hydrogen-bond donors (Lipinski definition) is 0. The SMILES string of the molecule is CCC[C@H](CC(C)=O)OOC(C)(C)OC. The molecule has 0 aliphatic rings. The Morgan fingerprint density at radius 3 is 2.40 bits per heavy atom. The third kappa shape index (κ3) is 7.48. The fourth-order valence-electron chi connectivity index (χ4n) is 1.04. The summed E-state index contributed by atoms with van der Waals surface area (Å²) in [6.45, 7) is 7.10. The highest BCUT2D eigenvalue weighted by Crippen LogP contribution is 2.15. The second-order valence-corrected chi connectivity index (χ2v) is 4.10. The molecule has 0 saturated heterocycles. The normalized spacial score (nSPS) is 13.9. The molecule has 0 amide bonds. The summed E-state index contributed by atoms with van der Waals surface area (Å²) >= 11 is 0. The van der Waals surface area contributed by atoms with Crippen molar-refractivity contribution in [3.63, 3.8) is 0 Å². The number of carbonyl (C=O) groups excluding carboxylic acids is 1. The maximum absolute atomic E-state index is 11.0. The van der Waals surface area contributed by atoms with Crippen LogP contribution < -0.4 is 0 Å². The predicted octanol–water partition coefficient (Wildman–Crippen LogP) is 2.46. The zero-order chi connectivity index (χ0) is 11.9. The van der Waals surface area contributed by atoms with E-state index in [0.29, 0.717) is 6.42 Å². The molecule has 0 aromatic rings. The highest BCUT2D eigenvalue weighted by Gasteiger charge is 2.21. The first-order chi connectivity index (χ1) is 6.91. The summed E-state index contributed by atoms with van der Waals surface area (Å²) in [6.07, 6.45) is 1.96. The fraction of sp³-hybridized carbons (Fsp3) is 0.909. The zero-order valence-electron chi connectivity index (χ0n) is 10.3. The fourth-order valence-corrected chi connectivity index (χ4v) is 1.04. The molecule has 0 fully saturated rings. The first-order valence-corrected chi connectivity index (χ1v) is 5.30. The summed E-state index contributed by atoms with van der Waals surface area (Å²) < 4.78 is 5.04. The van der Waals surface area contributed by atoms with Crippen LogP contribution in [0.1, 0.15) is 47.0 Å². The van der Waals surface area contributed by atoms with E-state index in [9.17, 15) is 4.79 Å². The van der Waals surface area contributed by atoms with Crippen molar-refractivity contribution >= 4 is 5.78 Å². The minimum atomic E-state index is -0.775. The number of hydrogen-bond acceptors (Lipinski definition) is 4. The topological polar surface area (TPSA) is 44.8 Å². The predicted molar refractivity (Wildman–Crippen MR) is 57.3 cm³/mol. The summed E-state index contributed by atoms with van der Waals surface area (Å²) in [6, 6.07) is 0. The standard InChI is InChI=1S/C11H22O4/c1-6-7-10(8-9(2)12)14-15-11(3,4)13-5/h10H,6-8H2,1-5H3/t10-/m1/s1. The maximum atomic E-state index is 11.0. The van der Waals surface area contributed by atoms with Gasteiger partial charge < -0.3 is 4.74 Å². The van der Waals surface area contributed by atoms with Gasteiger partial charge >= 0.3 is 0 Å². The summed E-state index contributed by atoms with van der Waals surface area (Å²) in [5.41, 5.74) is 0. The van der Waals surface area contributed by atoms with E-state index >= 15 is 0 Å². The highest BCUT2D eigenvalue weighted by atomic mass is 17.2. The lowest BCUT2D eigenvalue weighted by Gasteiger charge is -2.24. The first-order valence-electron chi connectivity index (χ1n) is 5.30. The van der Waals surface area contributed by atoms with Crippen LogP contribution in [-0.2, 0) is 19.3 Å². The molecule has 0 unspecified atom stereocenters. The largest absolute Gasteiger partial charge is 0.351 e. The van der Waals surface area contributed by atoms with Gasteiger partial charge in [-0.05, 0) is 27.2 Å². The molecule has 4 heteroatoms. The Labute approximate surface area is 91.8 Å². The van der Waals surface area contributed by atoms with E-state index in [1.807, 2.05) is 6.92 Å².